The van der Waals surface area contributed by atoms with Gasteiger partial charge in [-0.25, -0.2) is 12.8 Å². The van der Waals surface area contributed by atoms with E-state index in [1.54, 1.807) is 31.4 Å². The molecule has 7 nitrogen and oxygen atoms in total. The average Bonchev–Trinajstić information content (AvgIpc) is 3.42. The van der Waals surface area contributed by atoms with Crippen LogP contribution in [0.4, 0.5) is 10.1 Å². The Hall–Kier alpha value is -4.86. The average molecular weight is 654 g/mol. The first kappa shape index (κ1) is 29.8. The third-order valence-electron chi connectivity index (χ3n) is 8.52. The van der Waals surface area contributed by atoms with Crippen molar-refractivity contribution in [2.24, 2.45) is 0 Å². The summed E-state index contributed by atoms with van der Waals surface area (Å²) >= 11 is 5.77. The van der Waals surface area contributed by atoms with Crippen LogP contribution >= 0.6 is 11.6 Å². The van der Waals surface area contributed by atoms with Crippen LogP contribution in [0.15, 0.2) is 108 Å². The molecule has 1 amide bonds. The minimum Gasteiger partial charge on any atom is -0.497 e. The molecule has 0 saturated heterocycles. The molecule has 2 N–H and O–H groups in total. The van der Waals surface area contributed by atoms with Crippen molar-refractivity contribution in [3.05, 3.63) is 136 Å². The van der Waals surface area contributed by atoms with Crippen molar-refractivity contribution in [2.75, 3.05) is 18.4 Å². The Morgan fingerprint density at radius 3 is 2.54 bits per heavy atom. The maximum atomic E-state index is 14.3. The first-order chi connectivity index (χ1) is 22.2. The van der Waals surface area contributed by atoms with Gasteiger partial charge in [-0.15, -0.1) is 0 Å². The number of halogens is 2. The molecule has 0 fully saturated rings. The molecule has 1 aliphatic rings. The highest BCUT2D eigenvalue weighted by molar-refractivity contribution is 7.92. The van der Waals surface area contributed by atoms with Gasteiger partial charge >= 0.3 is 0 Å². The molecule has 0 bridgehead atoms. The molecule has 6 aromatic rings. The van der Waals surface area contributed by atoms with Crippen molar-refractivity contribution < 1.29 is 22.3 Å². The van der Waals surface area contributed by atoms with E-state index in [0.29, 0.717) is 13.0 Å². The lowest BCUT2D eigenvalue weighted by molar-refractivity contribution is -0.132. The van der Waals surface area contributed by atoms with Crippen LogP contribution in [0.5, 0.6) is 5.75 Å². The number of sulfonamides is 1. The summed E-state index contributed by atoms with van der Waals surface area (Å²) in [6, 6.07) is 29.9. The number of anilines is 1. The van der Waals surface area contributed by atoms with Crippen LogP contribution in [0.1, 0.15) is 28.4 Å². The number of nitrogens with zero attached hydrogens (tertiary/aromatic N) is 1. The minimum atomic E-state index is -4.18. The van der Waals surface area contributed by atoms with Gasteiger partial charge in [-0.2, -0.15) is 0 Å². The number of aromatic nitrogens is 1. The van der Waals surface area contributed by atoms with Crippen molar-refractivity contribution in [3.63, 3.8) is 0 Å². The number of carbonyl (C=O) groups excluding carboxylic acids is 1. The van der Waals surface area contributed by atoms with E-state index in [4.69, 9.17) is 16.3 Å². The predicted octanol–water partition coefficient (Wildman–Crippen LogP) is 7.64. The number of hydrogen-bond acceptors (Lipinski definition) is 4. The molecular weight excluding hydrogens is 625 g/mol. The van der Waals surface area contributed by atoms with Gasteiger partial charge in [0, 0.05) is 33.9 Å². The zero-order valence-electron chi connectivity index (χ0n) is 24.8. The molecule has 0 aliphatic carbocycles. The van der Waals surface area contributed by atoms with E-state index in [1.807, 2.05) is 41.3 Å². The molecule has 1 atom stereocenters. The normalized spacial score (nSPS) is 14.8. The maximum Gasteiger partial charge on any atom is 0.264 e. The van der Waals surface area contributed by atoms with Gasteiger partial charge in [0.25, 0.3) is 10.0 Å². The molecule has 46 heavy (non-hydrogen) atoms. The minimum absolute atomic E-state index is 0.0589. The van der Waals surface area contributed by atoms with Gasteiger partial charge < -0.3 is 14.6 Å². The van der Waals surface area contributed by atoms with Gasteiger partial charge in [0.15, 0.2) is 0 Å². The maximum absolute atomic E-state index is 14.3. The molecule has 10 heteroatoms. The number of H-pyrrole nitrogens is 1. The van der Waals surface area contributed by atoms with E-state index in [2.05, 4.69) is 34.0 Å². The number of rotatable bonds is 7. The second kappa shape index (κ2) is 11.8. The number of fused-ring (bicyclic) bond motifs is 4. The molecule has 1 aromatic heterocycles. The van der Waals surface area contributed by atoms with Gasteiger partial charge in [0.2, 0.25) is 5.91 Å². The first-order valence-corrected chi connectivity index (χ1v) is 16.6. The van der Waals surface area contributed by atoms with Gasteiger partial charge in [-0.3, -0.25) is 9.52 Å². The lowest BCUT2D eigenvalue weighted by atomic mass is 9.89. The number of aromatic amines is 1. The van der Waals surface area contributed by atoms with E-state index < -0.39 is 20.7 Å². The van der Waals surface area contributed by atoms with Crippen molar-refractivity contribution in [1.29, 1.82) is 0 Å². The number of hydrogen-bond donors (Lipinski definition) is 2. The number of amides is 1. The number of methoxy groups -OCH3 is 1. The zero-order chi connectivity index (χ0) is 32.0. The second-order valence-corrected chi connectivity index (χ2v) is 13.4. The van der Waals surface area contributed by atoms with Gasteiger partial charge in [0.05, 0.1) is 19.6 Å². The zero-order valence-corrected chi connectivity index (χ0v) is 26.3. The van der Waals surface area contributed by atoms with Crippen LogP contribution in [-0.2, 0) is 27.7 Å². The Kier molecular flexibility index (Phi) is 7.66. The molecular formula is C36H29ClFN3O4S. The molecule has 5 aromatic carbocycles. The summed E-state index contributed by atoms with van der Waals surface area (Å²) in [5.41, 5.74) is 5.14. The molecule has 232 valence electrons. The van der Waals surface area contributed by atoms with Crippen LogP contribution in [0.3, 0.4) is 0 Å². The lowest BCUT2D eigenvalue weighted by Crippen LogP contribution is -2.41. The highest BCUT2D eigenvalue weighted by atomic mass is 35.5. The largest absolute Gasteiger partial charge is 0.497 e. The molecule has 2 heterocycles. The highest BCUT2D eigenvalue weighted by Crippen LogP contribution is 2.41. The second-order valence-electron chi connectivity index (χ2n) is 11.3. The summed E-state index contributed by atoms with van der Waals surface area (Å²) in [4.78, 5) is 19.2. The van der Waals surface area contributed by atoms with Gasteiger partial charge in [-0.1, -0.05) is 66.2 Å². The molecule has 1 unspecified atom stereocenters. The number of ether oxygens (including phenoxy) is 1. The third kappa shape index (κ3) is 5.46. The Balaban J connectivity index is 1.20. The SMILES string of the molecule is COc1ccc2[nH]c3c(c2c1)CCN(C(=O)Cc1ccc(NS(=O)(=O)c2ccc(Cl)cc2F)cc1)C3c1cccc2ccccc12. The van der Waals surface area contributed by atoms with Crippen LogP contribution in [0, 0.1) is 5.82 Å². The summed E-state index contributed by atoms with van der Waals surface area (Å²) in [6.45, 7) is 0.522. The van der Waals surface area contributed by atoms with E-state index in [1.165, 1.54) is 11.6 Å². The van der Waals surface area contributed by atoms with E-state index in [0.717, 1.165) is 56.4 Å². The van der Waals surface area contributed by atoms with E-state index >= 15 is 0 Å². The van der Waals surface area contributed by atoms with Crippen LogP contribution < -0.4 is 9.46 Å². The Morgan fingerprint density at radius 2 is 1.76 bits per heavy atom. The molecule has 0 saturated carbocycles. The fourth-order valence-corrected chi connectivity index (χ4v) is 7.62. The van der Waals surface area contributed by atoms with Crippen LogP contribution in [-0.4, -0.2) is 37.9 Å². The van der Waals surface area contributed by atoms with E-state index in [-0.39, 0.29) is 29.1 Å². The monoisotopic (exact) mass is 653 g/mol. The fourth-order valence-electron chi connectivity index (χ4n) is 6.35. The number of nitrogens with one attached hydrogen (secondary N) is 2. The summed E-state index contributed by atoms with van der Waals surface area (Å²) in [5.74, 6) is -0.225. The smallest absolute Gasteiger partial charge is 0.264 e. The van der Waals surface area contributed by atoms with Gasteiger partial charge in [-0.05, 0) is 82.4 Å². The fraction of sp³-hybridized carbons (Fsp3) is 0.139. The summed E-state index contributed by atoms with van der Waals surface area (Å²) in [7, 11) is -2.53. The van der Waals surface area contributed by atoms with Gasteiger partial charge in [0.1, 0.15) is 16.5 Å². The number of benzene rings is 5. The number of carbonyl (C=O) groups is 1. The Labute approximate surface area is 270 Å². The standard InChI is InChI=1S/C36H29ClFN3O4S/c1-45-26-14-15-32-30(21-26)28-17-18-41(36(35(28)39-32)29-8-4-6-23-5-2-3-7-27(23)29)34(42)19-22-9-12-25(13-10-22)40-46(43,44)33-16-11-24(37)20-31(33)38/h2-16,20-21,36,39-40H,17-19H2,1H3. The van der Waals surface area contributed by atoms with Crippen LogP contribution in [0.25, 0.3) is 21.7 Å². The van der Waals surface area contributed by atoms with Crippen molar-refractivity contribution >= 4 is 54.9 Å². The van der Waals surface area contributed by atoms with Crippen molar-refractivity contribution in [1.82, 2.24) is 9.88 Å². The predicted molar refractivity (Wildman–Crippen MR) is 178 cm³/mol. The summed E-state index contributed by atoms with van der Waals surface area (Å²) in [5, 5.41) is 3.35. The Bertz CT molecular complexity index is 2230. The van der Waals surface area contributed by atoms with E-state index in [9.17, 15) is 17.6 Å². The molecule has 7 rings (SSSR count). The molecule has 0 spiro atoms. The highest BCUT2D eigenvalue weighted by Gasteiger charge is 2.35. The first-order valence-electron chi connectivity index (χ1n) is 14.7. The topological polar surface area (TPSA) is 91.5 Å². The summed E-state index contributed by atoms with van der Waals surface area (Å²) in [6.07, 6.45) is 0.793. The van der Waals surface area contributed by atoms with Crippen molar-refractivity contribution in [3.8, 4) is 5.75 Å². The quantitative estimate of drug-likeness (QED) is 0.185. The molecule has 0 radical (unpaired) electrons. The molecule has 1 aliphatic heterocycles. The Morgan fingerprint density at radius 1 is 0.978 bits per heavy atom. The third-order valence-corrected chi connectivity index (χ3v) is 10.2. The lowest BCUT2D eigenvalue weighted by Gasteiger charge is -2.37. The summed E-state index contributed by atoms with van der Waals surface area (Å²) < 4.78 is 47.8. The van der Waals surface area contributed by atoms with Crippen LogP contribution in [0.2, 0.25) is 5.02 Å². The van der Waals surface area contributed by atoms with Crippen molar-refractivity contribution in [2.45, 2.75) is 23.8 Å².